The van der Waals surface area contributed by atoms with Gasteiger partial charge >= 0.3 is 17.1 Å². The standard InChI is InChI=1S/C23H35N5O4S/c1-9-27(10-2)17-12-13-18(19(14-17)32-20(29)15-28(6,7)8)24-25-23-26(5)16(4)21(33-23)22(30)31-11-3/h12-14H,9-11,15H2,1-8H3/q+2. The molecule has 0 radical (unpaired) electrons. The Labute approximate surface area is 199 Å². The second-order valence-corrected chi connectivity index (χ2v) is 9.50. The van der Waals surface area contributed by atoms with E-state index in [-0.39, 0.29) is 18.5 Å². The first kappa shape index (κ1) is 26.4. The smallest absolute Gasteiger partial charge is 0.409 e. The lowest BCUT2D eigenvalue weighted by atomic mass is 10.2. The molecule has 2 rings (SSSR count). The van der Waals surface area contributed by atoms with Crippen molar-refractivity contribution in [1.82, 2.24) is 0 Å². The van der Waals surface area contributed by atoms with Crippen LogP contribution >= 0.6 is 11.3 Å². The number of carbonyl (C=O) groups excluding carboxylic acids is 2. The van der Waals surface area contributed by atoms with Crippen LogP contribution in [0, 0.1) is 6.92 Å². The maximum Gasteiger partial charge on any atom is 0.409 e. The van der Waals surface area contributed by atoms with E-state index < -0.39 is 0 Å². The van der Waals surface area contributed by atoms with Gasteiger partial charge in [-0.3, -0.25) is 0 Å². The molecule has 0 fully saturated rings. The molecule has 180 valence electrons. The van der Waals surface area contributed by atoms with Gasteiger partial charge in [0, 0.05) is 24.8 Å². The van der Waals surface area contributed by atoms with E-state index in [1.165, 1.54) is 11.3 Å². The highest BCUT2D eigenvalue weighted by atomic mass is 32.1. The Morgan fingerprint density at radius 1 is 1.12 bits per heavy atom. The predicted octanol–water partition coefficient (Wildman–Crippen LogP) is 3.93. The maximum atomic E-state index is 12.5. The van der Waals surface area contributed by atoms with E-state index in [2.05, 4.69) is 29.0 Å². The van der Waals surface area contributed by atoms with E-state index in [0.29, 0.717) is 32.5 Å². The number of rotatable bonds is 10. The van der Waals surface area contributed by atoms with Gasteiger partial charge in [-0.05, 0) is 56.3 Å². The molecule has 1 heterocycles. The summed E-state index contributed by atoms with van der Waals surface area (Å²) in [5, 5.41) is 9.24. The number of hydrogen-bond acceptors (Lipinski definition) is 8. The minimum Gasteiger partial charge on any atom is -0.462 e. The van der Waals surface area contributed by atoms with Crippen molar-refractivity contribution < 1.29 is 28.1 Å². The third-order valence-corrected chi connectivity index (χ3v) is 6.12. The number of nitrogens with zero attached hydrogens (tertiary/aromatic N) is 5. The van der Waals surface area contributed by atoms with E-state index in [9.17, 15) is 9.59 Å². The molecule has 0 aliphatic carbocycles. The van der Waals surface area contributed by atoms with Gasteiger partial charge in [-0.25, -0.2) is 14.2 Å². The highest BCUT2D eigenvalue weighted by Gasteiger charge is 2.25. The number of hydrogen-bond donors (Lipinski definition) is 0. The van der Waals surface area contributed by atoms with Crippen molar-refractivity contribution in [1.29, 1.82) is 0 Å². The molecule has 0 atom stereocenters. The monoisotopic (exact) mass is 477 g/mol. The Morgan fingerprint density at radius 3 is 2.36 bits per heavy atom. The summed E-state index contributed by atoms with van der Waals surface area (Å²) in [6.07, 6.45) is 0. The summed E-state index contributed by atoms with van der Waals surface area (Å²) in [4.78, 5) is 27.4. The van der Waals surface area contributed by atoms with Crippen molar-refractivity contribution in [2.75, 3.05) is 52.3 Å². The van der Waals surface area contributed by atoms with Crippen LogP contribution in [0.5, 0.6) is 5.75 Å². The third kappa shape index (κ3) is 7.06. The molecule has 10 heteroatoms. The molecule has 2 aromatic rings. The largest absolute Gasteiger partial charge is 0.462 e. The van der Waals surface area contributed by atoms with Gasteiger partial charge in [-0.2, -0.15) is 0 Å². The van der Waals surface area contributed by atoms with E-state index in [1.54, 1.807) is 17.6 Å². The Hall–Kier alpha value is -2.85. The Morgan fingerprint density at radius 2 is 1.79 bits per heavy atom. The zero-order valence-corrected chi connectivity index (χ0v) is 21.7. The van der Waals surface area contributed by atoms with Crippen LogP contribution in [0.25, 0.3) is 0 Å². The van der Waals surface area contributed by atoms with Crippen molar-refractivity contribution in [3.63, 3.8) is 0 Å². The summed E-state index contributed by atoms with van der Waals surface area (Å²) >= 11 is 1.21. The molecule has 1 aromatic heterocycles. The van der Waals surface area contributed by atoms with E-state index in [0.717, 1.165) is 24.5 Å². The molecule has 33 heavy (non-hydrogen) atoms. The normalized spacial score (nSPS) is 11.6. The van der Waals surface area contributed by atoms with Crippen LogP contribution in [0.15, 0.2) is 28.4 Å². The first-order valence-electron chi connectivity index (χ1n) is 11.0. The summed E-state index contributed by atoms with van der Waals surface area (Å²) in [5.41, 5.74) is 2.12. The molecule has 9 nitrogen and oxygen atoms in total. The van der Waals surface area contributed by atoms with Gasteiger partial charge in [0.1, 0.15) is 5.69 Å². The Balaban J connectivity index is 2.42. The first-order chi connectivity index (χ1) is 15.5. The number of carbonyl (C=O) groups is 2. The van der Waals surface area contributed by atoms with Gasteiger partial charge in [-0.15, -0.1) is 0 Å². The van der Waals surface area contributed by atoms with Gasteiger partial charge in [0.05, 0.1) is 39.9 Å². The minimum absolute atomic E-state index is 0.216. The summed E-state index contributed by atoms with van der Waals surface area (Å²) in [6.45, 7) is 9.91. The van der Waals surface area contributed by atoms with Gasteiger partial charge in [0.25, 0.3) is 0 Å². The summed E-state index contributed by atoms with van der Waals surface area (Å²) in [7, 11) is 7.59. The summed E-state index contributed by atoms with van der Waals surface area (Å²) in [5.74, 6) is -0.378. The average Bonchev–Trinajstić information content (AvgIpc) is 3.01. The number of quaternary nitrogens is 1. The van der Waals surface area contributed by atoms with Crippen LogP contribution < -0.4 is 14.2 Å². The first-order valence-corrected chi connectivity index (χ1v) is 11.8. The van der Waals surface area contributed by atoms with Crippen LogP contribution in [-0.4, -0.2) is 63.8 Å². The minimum atomic E-state index is -0.379. The van der Waals surface area contributed by atoms with E-state index >= 15 is 0 Å². The topological polar surface area (TPSA) is 84.4 Å². The average molecular weight is 478 g/mol. The van der Waals surface area contributed by atoms with Crippen LogP contribution in [0.1, 0.15) is 36.1 Å². The number of thiazole rings is 1. The molecule has 0 saturated heterocycles. The third-order valence-electron chi connectivity index (χ3n) is 4.92. The highest BCUT2D eigenvalue weighted by Crippen LogP contribution is 2.34. The van der Waals surface area contributed by atoms with E-state index in [1.807, 2.05) is 47.2 Å². The number of likely N-dealkylation sites (N-methyl/N-ethyl adjacent to an activating group) is 1. The molecule has 1 aromatic carbocycles. The lowest BCUT2D eigenvalue weighted by molar-refractivity contribution is -0.862. The molecule has 0 aliphatic rings. The van der Waals surface area contributed by atoms with Gasteiger partial charge < -0.3 is 18.9 Å². The van der Waals surface area contributed by atoms with Crippen LogP contribution in [0.2, 0.25) is 0 Å². The molecule has 0 N–H and O–H groups in total. The fraction of sp³-hybridized carbons (Fsp3) is 0.522. The van der Waals surface area contributed by atoms with Crippen LogP contribution in [0.3, 0.4) is 0 Å². The molecule has 0 bridgehead atoms. The van der Waals surface area contributed by atoms with Crippen LogP contribution in [0.4, 0.5) is 16.5 Å². The van der Waals surface area contributed by atoms with Gasteiger partial charge in [0.2, 0.25) is 0 Å². The van der Waals surface area contributed by atoms with Crippen molar-refractivity contribution >= 4 is 39.8 Å². The second kappa shape index (κ2) is 11.3. The van der Waals surface area contributed by atoms with E-state index in [4.69, 9.17) is 9.47 Å². The van der Waals surface area contributed by atoms with Gasteiger partial charge in [-0.1, -0.05) is 0 Å². The Kier molecular flexibility index (Phi) is 9.07. The molecule has 0 aliphatic heterocycles. The molecular formula is C23H35N5O4S+2. The fourth-order valence-electron chi connectivity index (χ4n) is 3.09. The SMILES string of the molecule is CCOC(=O)c1sc(/N=N/c2ccc(N(CC)CC)cc2OC(=O)C[N+](C)(C)C)[n+](C)c1C. The lowest BCUT2D eigenvalue weighted by Crippen LogP contribution is -2.41. The number of ether oxygens (including phenoxy) is 2. The molecular weight excluding hydrogens is 442 g/mol. The van der Waals surface area contributed by atoms with Gasteiger partial charge in [0.15, 0.2) is 22.9 Å². The van der Waals surface area contributed by atoms with Crippen molar-refractivity contribution in [2.24, 2.45) is 17.3 Å². The molecule has 0 amide bonds. The quantitative estimate of drug-likeness (QED) is 0.170. The zero-order chi connectivity index (χ0) is 24.8. The number of azo groups is 1. The lowest BCUT2D eigenvalue weighted by Gasteiger charge is -2.23. The van der Waals surface area contributed by atoms with Crippen molar-refractivity contribution in [3.05, 3.63) is 28.8 Å². The van der Waals surface area contributed by atoms with Crippen molar-refractivity contribution in [3.8, 4) is 5.75 Å². The number of anilines is 1. The molecule has 0 unspecified atom stereocenters. The predicted molar refractivity (Wildman–Crippen MR) is 129 cm³/mol. The Bertz CT molecular complexity index is 1020. The highest BCUT2D eigenvalue weighted by molar-refractivity contribution is 7.16. The number of benzene rings is 1. The zero-order valence-electron chi connectivity index (χ0n) is 20.8. The summed E-state index contributed by atoms with van der Waals surface area (Å²) < 4.78 is 13.1. The second-order valence-electron chi connectivity index (χ2n) is 8.53. The van der Waals surface area contributed by atoms with Crippen molar-refractivity contribution in [2.45, 2.75) is 27.7 Å². The fourth-order valence-corrected chi connectivity index (χ4v) is 4.06. The maximum absolute atomic E-state index is 12.5. The molecule has 0 spiro atoms. The van der Waals surface area contributed by atoms with Crippen LogP contribution in [-0.2, 0) is 16.6 Å². The number of aromatic nitrogens is 1. The number of esters is 2. The molecule has 0 saturated carbocycles. The summed E-state index contributed by atoms with van der Waals surface area (Å²) in [6, 6.07) is 5.54.